The van der Waals surface area contributed by atoms with E-state index in [1.807, 2.05) is 6.07 Å². The lowest BCUT2D eigenvalue weighted by atomic mass is 9.89. The molecule has 2 rings (SSSR count). The Morgan fingerprint density at radius 3 is 2.32 bits per heavy atom. The van der Waals surface area contributed by atoms with Gasteiger partial charge in [-0.25, -0.2) is 9.18 Å². The normalized spacial score (nSPS) is 13.1. The Labute approximate surface area is 160 Å². The van der Waals surface area contributed by atoms with E-state index in [0.29, 0.717) is 6.07 Å². The number of hydrogen-bond donors (Lipinski definition) is 2. The molecular formula is C20H21F4NO3. The number of rotatable bonds is 6. The first-order valence-electron chi connectivity index (χ1n) is 8.47. The van der Waals surface area contributed by atoms with Gasteiger partial charge in [0, 0.05) is 0 Å². The van der Waals surface area contributed by atoms with Crippen LogP contribution in [0.3, 0.4) is 0 Å². The van der Waals surface area contributed by atoms with Gasteiger partial charge in [0.2, 0.25) is 0 Å². The molecule has 0 aliphatic carbocycles. The van der Waals surface area contributed by atoms with Crippen LogP contribution in [0.25, 0.3) is 0 Å². The zero-order chi connectivity index (χ0) is 20.9. The van der Waals surface area contributed by atoms with E-state index in [2.05, 4.69) is 5.32 Å². The standard InChI is InChI=1S/C20H21F4NO3/c1-19(2,25-18(27)28-12-13-6-4-3-5-7-13)17(26)15-8-14(11-21)9-16(10-15)20(22,23)24/h3-10,17,26H,11-12H2,1-2H3,(H,25,27). The molecule has 28 heavy (non-hydrogen) atoms. The minimum absolute atomic E-state index is 0.00555. The number of benzene rings is 2. The van der Waals surface area contributed by atoms with E-state index in [-0.39, 0.29) is 17.7 Å². The number of carbonyl (C=O) groups excluding carboxylic acids is 1. The van der Waals surface area contributed by atoms with Gasteiger partial charge in [0.05, 0.1) is 11.1 Å². The lowest BCUT2D eigenvalue weighted by Crippen LogP contribution is -2.48. The van der Waals surface area contributed by atoms with Crippen molar-refractivity contribution in [1.82, 2.24) is 5.32 Å². The van der Waals surface area contributed by atoms with E-state index in [1.54, 1.807) is 24.3 Å². The number of nitrogens with one attached hydrogen (secondary N) is 1. The first-order chi connectivity index (χ1) is 13.0. The van der Waals surface area contributed by atoms with Gasteiger partial charge in [-0.15, -0.1) is 0 Å². The Morgan fingerprint density at radius 1 is 1.11 bits per heavy atom. The number of carbonyl (C=O) groups is 1. The number of ether oxygens (including phenoxy) is 1. The van der Waals surface area contributed by atoms with Gasteiger partial charge in [-0.1, -0.05) is 36.4 Å². The second-order valence-corrected chi connectivity index (χ2v) is 6.91. The van der Waals surface area contributed by atoms with Gasteiger partial charge in [0.25, 0.3) is 0 Å². The molecule has 2 aromatic rings. The van der Waals surface area contributed by atoms with E-state index < -0.39 is 36.2 Å². The van der Waals surface area contributed by atoms with Crippen molar-refractivity contribution in [2.45, 2.75) is 44.9 Å². The maximum atomic E-state index is 13.0. The maximum absolute atomic E-state index is 13.0. The predicted octanol–water partition coefficient (Wildman–Crippen LogP) is 4.91. The Balaban J connectivity index is 2.12. The molecule has 152 valence electrons. The molecule has 4 nitrogen and oxygen atoms in total. The van der Waals surface area contributed by atoms with Gasteiger partial charge in [0.1, 0.15) is 19.4 Å². The largest absolute Gasteiger partial charge is 0.445 e. The maximum Gasteiger partial charge on any atom is 0.416 e. The minimum atomic E-state index is -4.69. The predicted molar refractivity (Wildman–Crippen MR) is 95.1 cm³/mol. The van der Waals surface area contributed by atoms with Crippen molar-refractivity contribution < 1.29 is 32.2 Å². The lowest BCUT2D eigenvalue weighted by molar-refractivity contribution is -0.137. The highest BCUT2D eigenvalue weighted by Crippen LogP contribution is 2.34. The topological polar surface area (TPSA) is 58.6 Å². The number of hydrogen-bond acceptors (Lipinski definition) is 3. The molecule has 0 radical (unpaired) electrons. The number of alkyl halides is 4. The molecule has 0 saturated heterocycles. The number of aliphatic hydroxyl groups is 1. The number of amides is 1. The molecule has 1 unspecified atom stereocenters. The molecule has 0 bridgehead atoms. The molecule has 2 N–H and O–H groups in total. The molecule has 8 heteroatoms. The fourth-order valence-electron chi connectivity index (χ4n) is 2.62. The molecule has 0 aliphatic heterocycles. The van der Waals surface area contributed by atoms with Crippen LogP contribution in [0.4, 0.5) is 22.4 Å². The Kier molecular flexibility index (Phi) is 6.66. The van der Waals surface area contributed by atoms with E-state index in [0.717, 1.165) is 17.7 Å². The number of alkyl carbamates (subject to hydrolysis) is 1. The Morgan fingerprint density at radius 2 is 1.75 bits per heavy atom. The second-order valence-electron chi connectivity index (χ2n) is 6.91. The molecule has 0 spiro atoms. The third kappa shape index (κ3) is 5.69. The molecule has 0 aliphatic rings. The van der Waals surface area contributed by atoms with Crippen LogP contribution >= 0.6 is 0 Å². The van der Waals surface area contributed by atoms with E-state index >= 15 is 0 Å². The molecule has 0 heterocycles. The highest BCUT2D eigenvalue weighted by molar-refractivity contribution is 5.68. The zero-order valence-corrected chi connectivity index (χ0v) is 15.4. The third-order valence-electron chi connectivity index (χ3n) is 4.13. The van der Waals surface area contributed by atoms with E-state index in [4.69, 9.17) is 4.74 Å². The van der Waals surface area contributed by atoms with Gasteiger partial charge >= 0.3 is 12.3 Å². The van der Waals surface area contributed by atoms with Crippen LogP contribution in [0, 0.1) is 0 Å². The molecule has 0 saturated carbocycles. The summed E-state index contributed by atoms with van der Waals surface area (Å²) in [5.41, 5.74) is -2.06. The van der Waals surface area contributed by atoms with Crippen molar-refractivity contribution in [1.29, 1.82) is 0 Å². The Bertz CT molecular complexity index is 807. The average Bonchev–Trinajstić information content (AvgIpc) is 2.65. The summed E-state index contributed by atoms with van der Waals surface area (Å²) in [4.78, 5) is 12.0. The summed E-state index contributed by atoms with van der Waals surface area (Å²) in [7, 11) is 0. The van der Waals surface area contributed by atoms with Crippen molar-refractivity contribution >= 4 is 6.09 Å². The summed E-state index contributed by atoms with van der Waals surface area (Å²) in [6.45, 7) is 1.73. The SMILES string of the molecule is CC(C)(NC(=O)OCc1ccccc1)C(O)c1cc(CF)cc(C(F)(F)F)c1. The smallest absolute Gasteiger partial charge is 0.416 e. The van der Waals surface area contributed by atoms with E-state index in [9.17, 15) is 27.5 Å². The van der Waals surface area contributed by atoms with Crippen molar-refractivity contribution in [2.24, 2.45) is 0 Å². The Hall–Kier alpha value is -2.61. The summed E-state index contributed by atoms with van der Waals surface area (Å²) in [6, 6.07) is 11.4. The number of aliphatic hydroxyl groups excluding tert-OH is 1. The molecule has 2 aromatic carbocycles. The van der Waals surface area contributed by atoms with Crippen LogP contribution in [0.2, 0.25) is 0 Å². The van der Waals surface area contributed by atoms with Gasteiger partial charge in [0.15, 0.2) is 0 Å². The van der Waals surface area contributed by atoms with Gasteiger partial charge in [-0.2, -0.15) is 13.2 Å². The van der Waals surface area contributed by atoms with Crippen LogP contribution in [0.15, 0.2) is 48.5 Å². The third-order valence-corrected chi connectivity index (χ3v) is 4.13. The van der Waals surface area contributed by atoms with Crippen molar-refractivity contribution in [3.05, 3.63) is 70.8 Å². The first-order valence-corrected chi connectivity index (χ1v) is 8.47. The van der Waals surface area contributed by atoms with Gasteiger partial charge in [-0.05, 0) is 42.7 Å². The van der Waals surface area contributed by atoms with Crippen LogP contribution < -0.4 is 5.32 Å². The van der Waals surface area contributed by atoms with Crippen LogP contribution in [-0.2, 0) is 24.2 Å². The molecule has 1 atom stereocenters. The van der Waals surface area contributed by atoms with Crippen molar-refractivity contribution in [2.75, 3.05) is 0 Å². The summed E-state index contributed by atoms with van der Waals surface area (Å²) < 4.78 is 57.1. The van der Waals surface area contributed by atoms with Gasteiger partial charge < -0.3 is 15.2 Å². The second kappa shape index (κ2) is 8.60. The van der Waals surface area contributed by atoms with Crippen LogP contribution in [0.5, 0.6) is 0 Å². The van der Waals surface area contributed by atoms with Crippen molar-refractivity contribution in [3.8, 4) is 0 Å². The summed E-state index contributed by atoms with van der Waals surface area (Å²) >= 11 is 0. The molecular weight excluding hydrogens is 378 g/mol. The van der Waals surface area contributed by atoms with E-state index in [1.165, 1.54) is 13.8 Å². The monoisotopic (exact) mass is 399 g/mol. The molecule has 0 fully saturated rings. The summed E-state index contributed by atoms with van der Waals surface area (Å²) in [5, 5.41) is 13.0. The quantitative estimate of drug-likeness (QED) is 0.679. The zero-order valence-electron chi connectivity index (χ0n) is 15.4. The average molecular weight is 399 g/mol. The fourth-order valence-corrected chi connectivity index (χ4v) is 2.62. The highest BCUT2D eigenvalue weighted by atomic mass is 19.4. The minimum Gasteiger partial charge on any atom is -0.445 e. The molecule has 0 aromatic heterocycles. The highest BCUT2D eigenvalue weighted by Gasteiger charge is 2.35. The lowest BCUT2D eigenvalue weighted by Gasteiger charge is -2.32. The van der Waals surface area contributed by atoms with Crippen molar-refractivity contribution in [3.63, 3.8) is 0 Å². The summed E-state index contributed by atoms with van der Waals surface area (Å²) in [5.74, 6) is 0. The fraction of sp³-hybridized carbons (Fsp3) is 0.350. The van der Waals surface area contributed by atoms with Gasteiger partial charge in [-0.3, -0.25) is 0 Å². The van der Waals surface area contributed by atoms with Crippen LogP contribution in [-0.4, -0.2) is 16.7 Å². The first kappa shape index (κ1) is 21.7. The van der Waals surface area contributed by atoms with Crippen LogP contribution in [0.1, 0.15) is 42.2 Å². The summed E-state index contributed by atoms with van der Waals surface area (Å²) in [6.07, 6.45) is -7.05. The number of halogens is 4. The molecule has 1 amide bonds.